The Labute approximate surface area is 125 Å². The van der Waals surface area contributed by atoms with Gasteiger partial charge in [-0.15, -0.1) is 0 Å². The van der Waals surface area contributed by atoms with Crippen molar-refractivity contribution >= 4 is 11.6 Å². The molecule has 3 rings (SSSR count). The topological polar surface area (TPSA) is 29.5 Å². The number of carbonyl (C=O) groups is 1. The van der Waals surface area contributed by atoms with E-state index in [0.717, 1.165) is 17.9 Å². The minimum absolute atomic E-state index is 0.0782. The van der Waals surface area contributed by atoms with Gasteiger partial charge in [0.25, 0.3) is 0 Å². The molecule has 1 fully saturated rings. The Kier molecular flexibility index (Phi) is 3.65. The van der Waals surface area contributed by atoms with Gasteiger partial charge in [0.1, 0.15) is 5.75 Å². The van der Waals surface area contributed by atoms with Gasteiger partial charge in [-0.05, 0) is 36.2 Å². The minimum Gasteiger partial charge on any atom is -0.497 e. The molecule has 1 aliphatic heterocycles. The zero-order chi connectivity index (χ0) is 14.8. The number of anilines is 1. The van der Waals surface area contributed by atoms with Crippen LogP contribution in [0, 0.1) is 5.92 Å². The van der Waals surface area contributed by atoms with E-state index in [-0.39, 0.29) is 17.9 Å². The van der Waals surface area contributed by atoms with Crippen LogP contribution in [0.2, 0.25) is 0 Å². The van der Waals surface area contributed by atoms with Gasteiger partial charge in [-0.1, -0.05) is 37.3 Å². The summed E-state index contributed by atoms with van der Waals surface area (Å²) in [6, 6.07) is 18.0. The lowest BCUT2D eigenvalue weighted by molar-refractivity contribution is -0.130. The molecule has 2 aromatic rings. The van der Waals surface area contributed by atoms with Crippen molar-refractivity contribution in [2.45, 2.75) is 19.4 Å². The van der Waals surface area contributed by atoms with E-state index in [1.165, 1.54) is 5.56 Å². The molecule has 1 aliphatic rings. The van der Waals surface area contributed by atoms with E-state index in [1.807, 2.05) is 47.4 Å². The number of rotatable bonds is 4. The van der Waals surface area contributed by atoms with Crippen LogP contribution in [-0.4, -0.2) is 13.0 Å². The van der Waals surface area contributed by atoms with Gasteiger partial charge in [-0.3, -0.25) is 4.79 Å². The predicted octanol–water partition coefficient (Wildman–Crippen LogP) is 3.81. The molecule has 1 heterocycles. The third-order valence-corrected chi connectivity index (χ3v) is 4.15. The lowest BCUT2D eigenvalue weighted by atomic mass is 9.80. The summed E-state index contributed by atoms with van der Waals surface area (Å²) < 4.78 is 5.18. The van der Waals surface area contributed by atoms with Gasteiger partial charge in [0.05, 0.1) is 19.1 Å². The van der Waals surface area contributed by atoms with Gasteiger partial charge < -0.3 is 9.64 Å². The predicted molar refractivity (Wildman–Crippen MR) is 83.4 cm³/mol. The van der Waals surface area contributed by atoms with E-state index in [4.69, 9.17) is 4.74 Å². The SMILES string of the molecule is CCC1C(=O)N(c2ccc(OC)cc2)C1c1ccccc1. The monoisotopic (exact) mass is 281 g/mol. The number of amides is 1. The average molecular weight is 281 g/mol. The number of ether oxygens (including phenoxy) is 1. The molecule has 0 aliphatic carbocycles. The van der Waals surface area contributed by atoms with Crippen LogP contribution in [0.5, 0.6) is 5.75 Å². The molecular formula is C18H19NO2. The van der Waals surface area contributed by atoms with Crippen molar-refractivity contribution in [1.82, 2.24) is 0 Å². The van der Waals surface area contributed by atoms with Crippen LogP contribution in [-0.2, 0) is 4.79 Å². The molecule has 108 valence electrons. The fourth-order valence-corrected chi connectivity index (χ4v) is 3.01. The molecular weight excluding hydrogens is 262 g/mol. The fourth-order valence-electron chi connectivity index (χ4n) is 3.01. The molecule has 1 amide bonds. The average Bonchev–Trinajstić information content (AvgIpc) is 2.54. The van der Waals surface area contributed by atoms with Gasteiger partial charge >= 0.3 is 0 Å². The van der Waals surface area contributed by atoms with E-state index < -0.39 is 0 Å². The zero-order valence-electron chi connectivity index (χ0n) is 12.3. The fraction of sp³-hybridized carbons (Fsp3) is 0.278. The number of hydrogen-bond acceptors (Lipinski definition) is 2. The van der Waals surface area contributed by atoms with Crippen LogP contribution >= 0.6 is 0 Å². The highest BCUT2D eigenvalue weighted by Crippen LogP contribution is 2.45. The lowest BCUT2D eigenvalue weighted by Crippen LogP contribution is -2.55. The molecule has 0 spiro atoms. The summed E-state index contributed by atoms with van der Waals surface area (Å²) in [7, 11) is 1.64. The van der Waals surface area contributed by atoms with Crippen molar-refractivity contribution in [2.24, 2.45) is 5.92 Å². The quantitative estimate of drug-likeness (QED) is 0.798. The Morgan fingerprint density at radius 1 is 1.05 bits per heavy atom. The third kappa shape index (κ3) is 2.29. The Morgan fingerprint density at radius 2 is 1.71 bits per heavy atom. The summed E-state index contributed by atoms with van der Waals surface area (Å²) >= 11 is 0. The maximum Gasteiger partial charge on any atom is 0.233 e. The van der Waals surface area contributed by atoms with Crippen LogP contribution in [0.3, 0.4) is 0 Å². The molecule has 0 radical (unpaired) electrons. The summed E-state index contributed by atoms with van der Waals surface area (Å²) in [4.78, 5) is 14.3. The Morgan fingerprint density at radius 3 is 2.29 bits per heavy atom. The lowest BCUT2D eigenvalue weighted by Gasteiger charge is -2.47. The Bertz CT molecular complexity index is 621. The molecule has 2 aromatic carbocycles. The molecule has 0 saturated carbocycles. The molecule has 0 N–H and O–H groups in total. The standard InChI is InChI=1S/C18H19NO2/c1-3-16-17(13-7-5-4-6-8-13)19(18(16)20)14-9-11-15(21-2)12-10-14/h4-12,16-17H,3H2,1-2H3. The van der Waals surface area contributed by atoms with Crippen molar-refractivity contribution < 1.29 is 9.53 Å². The first-order valence-corrected chi connectivity index (χ1v) is 7.28. The largest absolute Gasteiger partial charge is 0.497 e. The maximum atomic E-state index is 12.4. The summed E-state index contributed by atoms with van der Waals surface area (Å²) in [6.45, 7) is 2.07. The normalized spacial score (nSPS) is 21.0. The second-order valence-corrected chi connectivity index (χ2v) is 5.28. The second-order valence-electron chi connectivity index (χ2n) is 5.28. The molecule has 21 heavy (non-hydrogen) atoms. The van der Waals surface area contributed by atoms with Gasteiger partial charge in [-0.25, -0.2) is 0 Å². The van der Waals surface area contributed by atoms with Crippen LogP contribution < -0.4 is 9.64 Å². The minimum atomic E-state index is 0.0782. The smallest absolute Gasteiger partial charge is 0.233 e. The number of nitrogens with zero attached hydrogens (tertiary/aromatic N) is 1. The van der Waals surface area contributed by atoms with E-state index in [9.17, 15) is 4.79 Å². The van der Waals surface area contributed by atoms with E-state index >= 15 is 0 Å². The highest BCUT2D eigenvalue weighted by Gasteiger charge is 2.47. The summed E-state index contributed by atoms with van der Waals surface area (Å²) in [6.07, 6.45) is 0.866. The number of carbonyl (C=O) groups excluding carboxylic acids is 1. The van der Waals surface area contributed by atoms with E-state index in [0.29, 0.717) is 0 Å². The van der Waals surface area contributed by atoms with Crippen molar-refractivity contribution in [3.63, 3.8) is 0 Å². The van der Waals surface area contributed by atoms with Crippen LogP contribution in [0.15, 0.2) is 54.6 Å². The molecule has 1 saturated heterocycles. The highest BCUT2D eigenvalue weighted by molar-refractivity contribution is 6.03. The Hall–Kier alpha value is -2.29. The number of hydrogen-bond donors (Lipinski definition) is 0. The molecule has 0 bridgehead atoms. The second kappa shape index (κ2) is 5.60. The van der Waals surface area contributed by atoms with E-state index in [1.54, 1.807) is 7.11 Å². The van der Waals surface area contributed by atoms with E-state index in [2.05, 4.69) is 19.1 Å². The first-order chi connectivity index (χ1) is 10.3. The van der Waals surface area contributed by atoms with Crippen LogP contribution in [0.25, 0.3) is 0 Å². The summed E-state index contributed by atoms with van der Waals surface area (Å²) in [5.41, 5.74) is 2.12. The van der Waals surface area contributed by atoms with Gasteiger partial charge in [-0.2, -0.15) is 0 Å². The number of benzene rings is 2. The molecule has 2 unspecified atom stereocenters. The number of methoxy groups -OCH3 is 1. The van der Waals surface area contributed by atoms with Crippen LogP contribution in [0.1, 0.15) is 24.9 Å². The Balaban J connectivity index is 1.94. The first-order valence-electron chi connectivity index (χ1n) is 7.28. The molecule has 2 atom stereocenters. The third-order valence-electron chi connectivity index (χ3n) is 4.15. The van der Waals surface area contributed by atoms with Crippen molar-refractivity contribution in [2.75, 3.05) is 12.0 Å². The maximum absolute atomic E-state index is 12.4. The molecule has 3 heteroatoms. The van der Waals surface area contributed by atoms with Crippen molar-refractivity contribution in [3.8, 4) is 5.75 Å². The van der Waals surface area contributed by atoms with Crippen molar-refractivity contribution in [3.05, 3.63) is 60.2 Å². The molecule has 0 aromatic heterocycles. The summed E-state index contributed by atoms with van der Waals surface area (Å²) in [5.74, 6) is 1.08. The zero-order valence-corrected chi connectivity index (χ0v) is 12.3. The van der Waals surface area contributed by atoms with Crippen molar-refractivity contribution in [1.29, 1.82) is 0 Å². The van der Waals surface area contributed by atoms with Gasteiger partial charge in [0, 0.05) is 5.69 Å². The van der Waals surface area contributed by atoms with Gasteiger partial charge in [0.2, 0.25) is 5.91 Å². The first kappa shape index (κ1) is 13.7. The van der Waals surface area contributed by atoms with Gasteiger partial charge in [0.15, 0.2) is 0 Å². The highest BCUT2D eigenvalue weighted by atomic mass is 16.5. The van der Waals surface area contributed by atoms with Crippen LogP contribution in [0.4, 0.5) is 5.69 Å². The summed E-state index contributed by atoms with van der Waals surface area (Å²) in [5, 5.41) is 0. The molecule has 3 nitrogen and oxygen atoms in total. The number of β-lactam (4-membered cyclic amide) rings is 1.